The van der Waals surface area contributed by atoms with Crippen molar-refractivity contribution in [1.29, 1.82) is 0 Å². The molecule has 59 heavy (non-hydrogen) atoms. The van der Waals surface area contributed by atoms with Crippen molar-refractivity contribution >= 4 is 43.6 Å². The number of nitrogens with zero attached hydrogens (tertiary/aromatic N) is 5. The largest absolute Gasteiger partial charge is 0.307 e. The van der Waals surface area contributed by atoms with Crippen LogP contribution in [0.1, 0.15) is 6.92 Å². The fraction of sp³-hybridized carbons (Fsp3) is 0.0185. The number of fused-ring (bicyclic) bond motifs is 7. The van der Waals surface area contributed by atoms with Crippen molar-refractivity contribution in [2.45, 2.75) is 6.92 Å². The maximum atomic E-state index is 5.33. The predicted octanol–water partition coefficient (Wildman–Crippen LogP) is 13.9. The molecule has 11 rings (SSSR count). The highest BCUT2D eigenvalue weighted by atomic mass is 15.2. The highest BCUT2D eigenvalue weighted by molar-refractivity contribution is 6.23. The Morgan fingerprint density at radius 3 is 1.19 bits per heavy atom. The molecule has 11 aromatic rings. The van der Waals surface area contributed by atoms with E-state index in [9.17, 15) is 0 Å². The smallest absolute Gasteiger partial charge is 0.238 e. The monoisotopic (exact) mass is 757 g/mol. The highest BCUT2D eigenvalue weighted by Crippen LogP contribution is 2.41. The minimum Gasteiger partial charge on any atom is -0.307 e. The Bertz CT molecular complexity index is 3150. The molecular formula is C54H39N5. The normalized spacial score (nSPS) is 11.2. The van der Waals surface area contributed by atoms with E-state index in [0.717, 1.165) is 71.9 Å². The first-order chi connectivity index (χ1) is 29.2. The summed E-state index contributed by atoms with van der Waals surface area (Å²) in [4.78, 5) is 15.8. The molecule has 3 aromatic heterocycles. The molecule has 0 bridgehead atoms. The van der Waals surface area contributed by atoms with Gasteiger partial charge >= 0.3 is 0 Å². The summed E-state index contributed by atoms with van der Waals surface area (Å²) < 4.78 is 4.63. The van der Waals surface area contributed by atoms with Gasteiger partial charge in [-0.15, -0.1) is 6.58 Å². The highest BCUT2D eigenvalue weighted by Gasteiger charge is 2.23. The lowest BCUT2D eigenvalue weighted by Gasteiger charge is -2.13. The van der Waals surface area contributed by atoms with E-state index in [1.54, 1.807) is 6.08 Å². The molecule has 3 heterocycles. The van der Waals surface area contributed by atoms with Crippen molar-refractivity contribution in [2.24, 2.45) is 0 Å². The van der Waals surface area contributed by atoms with Gasteiger partial charge in [0.15, 0.2) is 11.6 Å². The van der Waals surface area contributed by atoms with Crippen molar-refractivity contribution < 1.29 is 0 Å². The van der Waals surface area contributed by atoms with E-state index in [0.29, 0.717) is 17.6 Å². The molecule has 0 atom stereocenters. The van der Waals surface area contributed by atoms with Crippen molar-refractivity contribution in [2.75, 3.05) is 0 Å². The summed E-state index contributed by atoms with van der Waals surface area (Å²) in [6.07, 6.45) is 1.75. The molecule has 280 valence electrons. The van der Waals surface area contributed by atoms with Crippen molar-refractivity contribution in [3.8, 4) is 56.7 Å². The Morgan fingerprint density at radius 2 is 0.712 bits per heavy atom. The number of hydrogen-bond acceptors (Lipinski definition) is 3. The van der Waals surface area contributed by atoms with Gasteiger partial charge in [0, 0.05) is 38.4 Å². The van der Waals surface area contributed by atoms with Gasteiger partial charge in [-0.2, -0.15) is 9.97 Å². The molecule has 0 aliphatic heterocycles. The van der Waals surface area contributed by atoms with Gasteiger partial charge in [-0.3, -0.25) is 4.57 Å². The molecular weight excluding hydrogens is 719 g/mol. The van der Waals surface area contributed by atoms with Crippen LogP contribution in [-0.2, 0) is 0 Å². The molecule has 5 nitrogen and oxygen atoms in total. The average molecular weight is 758 g/mol. The second kappa shape index (κ2) is 15.2. The van der Waals surface area contributed by atoms with E-state index in [1.807, 2.05) is 19.1 Å². The van der Waals surface area contributed by atoms with Crippen LogP contribution < -0.4 is 0 Å². The molecule has 5 heteroatoms. The molecule has 8 aromatic carbocycles. The molecule has 0 fully saturated rings. The van der Waals surface area contributed by atoms with E-state index in [4.69, 9.17) is 15.0 Å². The van der Waals surface area contributed by atoms with Crippen LogP contribution in [0.4, 0.5) is 0 Å². The summed E-state index contributed by atoms with van der Waals surface area (Å²) in [6, 6.07) is 70.3. The van der Waals surface area contributed by atoms with Gasteiger partial charge in [0.05, 0.1) is 22.1 Å². The average Bonchev–Trinajstić information content (AvgIpc) is 3.83. The molecule has 0 saturated heterocycles. The number of hydrogen-bond donors (Lipinski definition) is 0. The van der Waals surface area contributed by atoms with E-state index >= 15 is 0 Å². The standard InChI is InChI=1S/C51H33N5.C3H6/c1-4-14-34(15-5-1)36-24-28-38(29-25-36)49-52-50(39-30-26-37(27-31-39)35-16-6-2-7-17-35)54-51(53-49)56-46-23-13-11-21-42(46)44-33-32-43-41-20-10-12-22-45(41)55(47(43)48(44)56)40-18-8-3-9-19-40;1-3-2/h1-33H;3H,1H2,2H3. The van der Waals surface area contributed by atoms with Crippen LogP contribution in [0.2, 0.25) is 0 Å². The first-order valence-electron chi connectivity index (χ1n) is 19.9. The van der Waals surface area contributed by atoms with Crippen LogP contribution in [0, 0.1) is 0 Å². The fourth-order valence-corrected chi connectivity index (χ4v) is 8.16. The molecule has 0 aliphatic carbocycles. The Balaban J connectivity index is 0.00000136. The van der Waals surface area contributed by atoms with E-state index < -0.39 is 0 Å². The Hall–Kier alpha value is -7.89. The third kappa shape index (κ3) is 6.35. The minimum absolute atomic E-state index is 0.563. The summed E-state index contributed by atoms with van der Waals surface area (Å²) in [5.41, 5.74) is 11.9. The zero-order chi connectivity index (χ0) is 39.7. The van der Waals surface area contributed by atoms with Crippen LogP contribution in [0.25, 0.3) is 100 Å². The number of rotatable bonds is 6. The van der Waals surface area contributed by atoms with E-state index in [1.165, 1.54) is 10.8 Å². The summed E-state index contributed by atoms with van der Waals surface area (Å²) in [5, 5.41) is 4.64. The van der Waals surface area contributed by atoms with Crippen LogP contribution >= 0.6 is 0 Å². The zero-order valence-electron chi connectivity index (χ0n) is 32.6. The van der Waals surface area contributed by atoms with Crippen molar-refractivity contribution in [1.82, 2.24) is 24.1 Å². The van der Waals surface area contributed by atoms with Crippen LogP contribution in [0.5, 0.6) is 0 Å². The first kappa shape index (κ1) is 35.5. The number of benzene rings is 8. The van der Waals surface area contributed by atoms with Crippen molar-refractivity contribution in [3.05, 3.63) is 213 Å². The maximum Gasteiger partial charge on any atom is 0.238 e. The van der Waals surface area contributed by atoms with Crippen molar-refractivity contribution in [3.63, 3.8) is 0 Å². The van der Waals surface area contributed by atoms with Crippen LogP contribution in [0.3, 0.4) is 0 Å². The summed E-state index contributed by atoms with van der Waals surface area (Å²) in [7, 11) is 0. The van der Waals surface area contributed by atoms with Gasteiger partial charge in [0.1, 0.15) is 0 Å². The zero-order valence-corrected chi connectivity index (χ0v) is 32.6. The molecule has 0 unspecified atom stereocenters. The minimum atomic E-state index is 0.563. The lowest BCUT2D eigenvalue weighted by atomic mass is 10.0. The molecule has 0 radical (unpaired) electrons. The van der Waals surface area contributed by atoms with Gasteiger partial charge in [0.25, 0.3) is 0 Å². The van der Waals surface area contributed by atoms with E-state index in [2.05, 4.69) is 204 Å². The van der Waals surface area contributed by atoms with Gasteiger partial charge in [0.2, 0.25) is 5.95 Å². The Morgan fingerprint density at radius 1 is 0.356 bits per heavy atom. The predicted molar refractivity (Wildman–Crippen MR) is 246 cm³/mol. The number of allylic oxidation sites excluding steroid dienone is 1. The van der Waals surface area contributed by atoms with Gasteiger partial charge in [-0.25, -0.2) is 4.98 Å². The molecule has 0 amide bonds. The molecule has 0 N–H and O–H groups in total. The van der Waals surface area contributed by atoms with Crippen LogP contribution in [0.15, 0.2) is 213 Å². The third-order valence-electron chi connectivity index (χ3n) is 10.8. The Kier molecular flexibility index (Phi) is 9.16. The number of para-hydroxylation sites is 3. The van der Waals surface area contributed by atoms with Gasteiger partial charge in [-0.1, -0.05) is 182 Å². The molecule has 0 spiro atoms. The number of aromatic nitrogens is 5. The quantitative estimate of drug-likeness (QED) is 0.159. The summed E-state index contributed by atoms with van der Waals surface area (Å²) in [5.74, 6) is 1.78. The van der Waals surface area contributed by atoms with Crippen LogP contribution in [-0.4, -0.2) is 24.1 Å². The molecule has 0 aliphatic rings. The second-order valence-electron chi connectivity index (χ2n) is 14.5. The molecule has 0 saturated carbocycles. The maximum absolute atomic E-state index is 5.33. The summed E-state index contributed by atoms with van der Waals surface area (Å²) >= 11 is 0. The fourth-order valence-electron chi connectivity index (χ4n) is 8.16. The lowest BCUT2D eigenvalue weighted by molar-refractivity contribution is 0.953. The second-order valence-corrected chi connectivity index (χ2v) is 14.5. The topological polar surface area (TPSA) is 48.5 Å². The summed E-state index contributed by atoms with van der Waals surface area (Å²) in [6.45, 7) is 5.25. The first-order valence-corrected chi connectivity index (χ1v) is 19.9. The lowest BCUT2D eigenvalue weighted by Crippen LogP contribution is -2.07. The SMILES string of the molecule is C=CC.c1ccc(-c2ccc(-c3nc(-c4ccc(-c5ccccc5)cc4)nc(-n4c5ccccc5c5ccc6c7ccccc7n(-c7ccccc7)c6c54)n3)cc2)cc1. The Labute approximate surface area is 342 Å². The van der Waals surface area contributed by atoms with E-state index in [-0.39, 0.29) is 0 Å². The van der Waals surface area contributed by atoms with Gasteiger partial charge < -0.3 is 4.57 Å². The third-order valence-corrected chi connectivity index (χ3v) is 10.8. The van der Waals surface area contributed by atoms with Gasteiger partial charge in [-0.05, 0) is 53.4 Å².